The average Bonchev–Trinajstić information content (AvgIpc) is 2.15. The Morgan fingerprint density at radius 1 is 1.47 bits per heavy atom. The van der Waals surface area contributed by atoms with E-state index in [1.165, 1.54) is 0 Å². The normalized spacial score (nSPS) is 20.8. The van der Waals surface area contributed by atoms with Crippen molar-refractivity contribution >= 4 is 18.3 Å². The van der Waals surface area contributed by atoms with E-state index in [9.17, 15) is 4.79 Å². The largest absolute Gasteiger partial charge is 0.331 e. The Bertz CT molecular complexity index is 261. The smallest absolute Gasteiger partial charge is 0.249 e. The van der Waals surface area contributed by atoms with Crippen molar-refractivity contribution in [1.29, 1.82) is 0 Å². The summed E-state index contributed by atoms with van der Waals surface area (Å²) in [6.07, 6.45) is 1.88. The summed E-state index contributed by atoms with van der Waals surface area (Å²) in [5.41, 5.74) is 0.763. The number of nitrogens with zero attached hydrogens (tertiary/aromatic N) is 1. The molecule has 1 fully saturated rings. The van der Waals surface area contributed by atoms with E-state index in [-0.39, 0.29) is 23.9 Å². The summed E-state index contributed by atoms with van der Waals surface area (Å²) in [5.74, 6) is 0.166. The van der Waals surface area contributed by atoms with Gasteiger partial charge in [0.2, 0.25) is 5.91 Å². The Hall–Kier alpha value is -0.540. The maximum Gasteiger partial charge on any atom is 0.249 e. The molecule has 0 bridgehead atoms. The highest BCUT2D eigenvalue weighted by molar-refractivity contribution is 5.93. The Kier molecular flexibility index (Phi) is 5.32. The van der Waals surface area contributed by atoms with Gasteiger partial charge in [-0.15, -0.1) is 12.4 Å². The molecule has 1 N–H and O–H groups in total. The fourth-order valence-corrected chi connectivity index (χ4v) is 1.70. The SMILES string of the molecule is C/C=C(/C)C(=O)N1CCNCC1(C)C.Cl. The first-order valence-electron chi connectivity index (χ1n) is 5.14. The van der Waals surface area contributed by atoms with E-state index in [1.54, 1.807) is 0 Å². The zero-order valence-corrected chi connectivity index (χ0v) is 10.8. The minimum Gasteiger partial charge on any atom is -0.331 e. The van der Waals surface area contributed by atoms with Crippen molar-refractivity contribution in [3.05, 3.63) is 11.6 Å². The molecule has 0 radical (unpaired) electrons. The molecule has 0 aromatic rings. The molecule has 0 atom stereocenters. The molecule has 1 rings (SSSR count). The second-order valence-electron chi connectivity index (χ2n) is 4.42. The van der Waals surface area contributed by atoms with Crippen molar-refractivity contribution in [3.8, 4) is 0 Å². The molecule has 1 heterocycles. The van der Waals surface area contributed by atoms with Crippen LogP contribution < -0.4 is 5.32 Å². The predicted octanol–water partition coefficient (Wildman–Crippen LogP) is 1.58. The van der Waals surface area contributed by atoms with Crippen molar-refractivity contribution in [2.75, 3.05) is 19.6 Å². The summed E-state index contributed by atoms with van der Waals surface area (Å²) in [6.45, 7) is 10.5. The fraction of sp³-hybridized carbons (Fsp3) is 0.727. The number of amides is 1. The van der Waals surface area contributed by atoms with Crippen LogP contribution in [0.15, 0.2) is 11.6 Å². The minimum atomic E-state index is -0.0698. The van der Waals surface area contributed by atoms with Crippen LogP contribution in [-0.4, -0.2) is 36.0 Å². The average molecular weight is 233 g/mol. The number of halogens is 1. The molecule has 0 aromatic carbocycles. The van der Waals surface area contributed by atoms with Crippen LogP contribution in [-0.2, 0) is 4.79 Å². The van der Waals surface area contributed by atoms with Gasteiger partial charge in [-0.25, -0.2) is 0 Å². The lowest BCUT2D eigenvalue weighted by Gasteiger charge is -2.43. The molecule has 1 amide bonds. The van der Waals surface area contributed by atoms with Gasteiger partial charge in [0, 0.05) is 25.2 Å². The van der Waals surface area contributed by atoms with Gasteiger partial charge in [-0.05, 0) is 27.7 Å². The summed E-state index contributed by atoms with van der Waals surface area (Å²) in [6, 6.07) is 0. The third-order valence-electron chi connectivity index (χ3n) is 2.82. The molecule has 0 saturated carbocycles. The van der Waals surface area contributed by atoms with Crippen LogP contribution in [0.2, 0.25) is 0 Å². The summed E-state index contributed by atoms with van der Waals surface area (Å²) in [5, 5.41) is 3.30. The molecule has 1 aliphatic rings. The van der Waals surface area contributed by atoms with Gasteiger partial charge in [-0.2, -0.15) is 0 Å². The molecule has 0 aromatic heterocycles. The summed E-state index contributed by atoms with van der Waals surface area (Å²) < 4.78 is 0. The van der Waals surface area contributed by atoms with Crippen LogP contribution in [0.5, 0.6) is 0 Å². The molecule has 1 saturated heterocycles. The Morgan fingerprint density at radius 3 is 2.53 bits per heavy atom. The van der Waals surface area contributed by atoms with Gasteiger partial charge in [0.1, 0.15) is 0 Å². The topological polar surface area (TPSA) is 32.3 Å². The van der Waals surface area contributed by atoms with Gasteiger partial charge in [0.15, 0.2) is 0 Å². The first-order chi connectivity index (χ1) is 6.49. The Morgan fingerprint density at radius 2 is 2.07 bits per heavy atom. The van der Waals surface area contributed by atoms with Gasteiger partial charge in [-0.3, -0.25) is 4.79 Å². The summed E-state index contributed by atoms with van der Waals surface area (Å²) >= 11 is 0. The molecule has 0 unspecified atom stereocenters. The Labute approximate surface area is 98.3 Å². The predicted molar refractivity (Wildman–Crippen MR) is 65.3 cm³/mol. The van der Waals surface area contributed by atoms with Crippen LogP contribution >= 0.6 is 12.4 Å². The maximum atomic E-state index is 12.0. The highest BCUT2D eigenvalue weighted by atomic mass is 35.5. The molecule has 1 aliphatic heterocycles. The van der Waals surface area contributed by atoms with E-state index < -0.39 is 0 Å². The van der Waals surface area contributed by atoms with E-state index in [0.717, 1.165) is 25.2 Å². The van der Waals surface area contributed by atoms with Crippen molar-refractivity contribution in [2.24, 2.45) is 0 Å². The standard InChI is InChI=1S/C11H20N2O.ClH/c1-5-9(2)10(14)13-7-6-12-8-11(13,3)4;/h5,12H,6-8H2,1-4H3;1H/b9-5-;. The molecule has 0 aliphatic carbocycles. The highest BCUT2D eigenvalue weighted by Crippen LogP contribution is 2.18. The van der Waals surface area contributed by atoms with Crippen molar-refractivity contribution in [2.45, 2.75) is 33.2 Å². The number of piperazine rings is 1. The van der Waals surface area contributed by atoms with Crippen LogP contribution in [0.3, 0.4) is 0 Å². The second kappa shape index (κ2) is 5.52. The zero-order chi connectivity index (χ0) is 10.8. The molecule has 3 nitrogen and oxygen atoms in total. The van der Waals surface area contributed by atoms with Gasteiger partial charge < -0.3 is 10.2 Å². The molecular weight excluding hydrogens is 212 g/mol. The quantitative estimate of drug-likeness (QED) is 0.697. The highest BCUT2D eigenvalue weighted by Gasteiger charge is 2.33. The second-order valence-corrected chi connectivity index (χ2v) is 4.42. The van der Waals surface area contributed by atoms with Crippen LogP contribution in [0, 0.1) is 0 Å². The molecule has 88 valence electrons. The molecule has 4 heteroatoms. The lowest BCUT2D eigenvalue weighted by molar-refractivity contribution is -0.133. The van der Waals surface area contributed by atoms with E-state index in [2.05, 4.69) is 19.2 Å². The van der Waals surface area contributed by atoms with Gasteiger partial charge >= 0.3 is 0 Å². The zero-order valence-electron chi connectivity index (χ0n) is 9.96. The molecular formula is C11H21ClN2O. The number of hydrogen-bond acceptors (Lipinski definition) is 2. The maximum absolute atomic E-state index is 12.0. The van der Waals surface area contributed by atoms with Crippen LogP contribution in [0.4, 0.5) is 0 Å². The third-order valence-corrected chi connectivity index (χ3v) is 2.82. The van der Waals surface area contributed by atoms with E-state index in [1.807, 2.05) is 24.8 Å². The van der Waals surface area contributed by atoms with E-state index >= 15 is 0 Å². The fourth-order valence-electron chi connectivity index (χ4n) is 1.70. The van der Waals surface area contributed by atoms with Crippen molar-refractivity contribution in [1.82, 2.24) is 10.2 Å². The number of allylic oxidation sites excluding steroid dienone is 1. The van der Waals surface area contributed by atoms with Gasteiger partial charge in [0.25, 0.3) is 0 Å². The summed E-state index contributed by atoms with van der Waals surface area (Å²) in [7, 11) is 0. The van der Waals surface area contributed by atoms with Crippen molar-refractivity contribution < 1.29 is 4.79 Å². The van der Waals surface area contributed by atoms with E-state index in [4.69, 9.17) is 0 Å². The monoisotopic (exact) mass is 232 g/mol. The van der Waals surface area contributed by atoms with Crippen molar-refractivity contribution in [3.63, 3.8) is 0 Å². The minimum absolute atomic E-state index is 0. The lowest BCUT2D eigenvalue weighted by atomic mass is 9.99. The molecule has 15 heavy (non-hydrogen) atoms. The van der Waals surface area contributed by atoms with Gasteiger partial charge in [-0.1, -0.05) is 6.08 Å². The summed E-state index contributed by atoms with van der Waals surface area (Å²) in [4.78, 5) is 13.9. The van der Waals surface area contributed by atoms with Crippen LogP contribution in [0.1, 0.15) is 27.7 Å². The molecule has 0 spiro atoms. The van der Waals surface area contributed by atoms with Crippen LogP contribution in [0.25, 0.3) is 0 Å². The van der Waals surface area contributed by atoms with Gasteiger partial charge in [0.05, 0.1) is 5.54 Å². The number of hydrogen-bond donors (Lipinski definition) is 1. The first-order valence-corrected chi connectivity index (χ1v) is 5.14. The number of carbonyl (C=O) groups is 1. The lowest BCUT2D eigenvalue weighted by Crippen LogP contribution is -2.60. The first kappa shape index (κ1) is 14.5. The Balaban J connectivity index is 0.00000196. The third kappa shape index (κ3) is 3.21. The van der Waals surface area contributed by atoms with E-state index in [0.29, 0.717) is 0 Å². The number of carbonyl (C=O) groups excluding carboxylic acids is 1. The number of nitrogens with one attached hydrogen (secondary N) is 1. The number of rotatable bonds is 1.